The Morgan fingerprint density at radius 1 is 1.88 bits per heavy atom. The van der Waals surface area contributed by atoms with Gasteiger partial charge in [0.1, 0.15) is 0 Å². The molecule has 3 heteroatoms. The molecule has 1 aromatic rings. The number of aromatic nitrogens is 1. The van der Waals surface area contributed by atoms with Crippen molar-refractivity contribution in [2.24, 2.45) is 0 Å². The number of hydrogen-bond donors (Lipinski definition) is 0. The molecule has 0 amide bonds. The van der Waals surface area contributed by atoms with Crippen molar-refractivity contribution in [2.45, 2.75) is 6.61 Å². The van der Waals surface area contributed by atoms with Gasteiger partial charge in [-0.3, -0.25) is 0 Å². The second-order valence-corrected chi connectivity index (χ2v) is 3.41. The Kier molecular flexibility index (Phi) is 2.27. The van der Waals surface area contributed by atoms with Crippen LogP contribution in [0.15, 0.2) is 11.1 Å². The molecule has 0 spiro atoms. The van der Waals surface area contributed by atoms with Crippen LogP contribution in [-0.2, 0) is 11.3 Å². The van der Waals surface area contributed by atoms with Gasteiger partial charge in [-0.1, -0.05) is 0 Å². The molecule has 0 atom stereocenters. The minimum absolute atomic E-state index is 0.482. The van der Waals surface area contributed by atoms with E-state index < -0.39 is 0 Å². The van der Waals surface area contributed by atoms with E-state index in [1.54, 1.807) is 7.11 Å². The Morgan fingerprint density at radius 2 is 2.75 bits per heavy atom. The summed E-state index contributed by atoms with van der Waals surface area (Å²) in [5.41, 5.74) is 0. The summed E-state index contributed by atoms with van der Waals surface area (Å²) < 4.78 is 6.05. The summed E-state index contributed by atoms with van der Waals surface area (Å²) in [6, 6.07) is 0. The topological polar surface area (TPSA) is 22.1 Å². The third-order valence-electron chi connectivity index (χ3n) is 0.751. The van der Waals surface area contributed by atoms with E-state index in [-0.39, 0.29) is 0 Å². The Bertz CT molecular complexity index is 138. The maximum atomic E-state index is 4.87. The second-order valence-electron chi connectivity index (χ2n) is 1.36. The Morgan fingerprint density at radius 3 is 3.25 bits per heavy atom. The van der Waals surface area contributed by atoms with E-state index in [4.69, 9.17) is 4.74 Å². The number of nitrogens with zero attached hydrogens (tertiary/aromatic N) is 1. The van der Waals surface area contributed by atoms with Gasteiger partial charge in [0.25, 0.3) is 0 Å². The zero-order valence-corrected chi connectivity index (χ0v) is 6.34. The fourth-order valence-corrected chi connectivity index (χ4v) is 1.68. The number of hydrogen-bond acceptors (Lipinski definition) is 2. The molecule has 0 saturated carbocycles. The van der Waals surface area contributed by atoms with Gasteiger partial charge in [-0.2, -0.15) is 0 Å². The van der Waals surface area contributed by atoms with Crippen molar-refractivity contribution in [3.63, 3.8) is 0 Å². The van der Waals surface area contributed by atoms with Crippen molar-refractivity contribution < 1.29 is 4.74 Å². The molecule has 8 heavy (non-hydrogen) atoms. The Balaban J connectivity index is 2.50. The molecule has 0 aliphatic carbocycles. The molecule has 44 valence electrons. The molecule has 1 rings (SSSR count). The van der Waals surface area contributed by atoms with Gasteiger partial charge >= 0.3 is 53.6 Å². The van der Waals surface area contributed by atoms with Gasteiger partial charge < -0.3 is 0 Å². The van der Waals surface area contributed by atoms with Gasteiger partial charge in [0, 0.05) is 0 Å². The van der Waals surface area contributed by atoms with E-state index in [9.17, 15) is 0 Å². The zero-order chi connectivity index (χ0) is 5.82. The summed E-state index contributed by atoms with van der Waals surface area (Å²) in [5.74, 6) is 0. The second kappa shape index (κ2) is 3.02. The third kappa shape index (κ3) is 1.44. The van der Waals surface area contributed by atoms with Gasteiger partial charge in [-0.25, -0.2) is 0 Å². The van der Waals surface area contributed by atoms with Crippen LogP contribution in [0.3, 0.4) is 0 Å². The SMILES string of the molecule is COCc1ncc[se]1. The summed E-state index contributed by atoms with van der Waals surface area (Å²) in [5, 5.41) is 0. The van der Waals surface area contributed by atoms with Gasteiger partial charge in [-0.15, -0.1) is 0 Å². The van der Waals surface area contributed by atoms with Crippen LogP contribution in [0.2, 0.25) is 0 Å². The van der Waals surface area contributed by atoms with Crippen molar-refractivity contribution >= 4 is 14.5 Å². The first-order valence-corrected chi connectivity index (χ1v) is 4.15. The van der Waals surface area contributed by atoms with Crippen LogP contribution >= 0.6 is 0 Å². The van der Waals surface area contributed by atoms with Crippen LogP contribution in [0.5, 0.6) is 0 Å². The summed E-state index contributed by atoms with van der Waals surface area (Å²) in [6.07, 6.45) is 1.84. The molecular formula is C5H7NOSe. The molecule has 0 saturated heterocycles. The standard InChI is InChI=1S/C5H7NOSe/c1-7-4-5-6-2-3-8-5/h2-3H,4H2,1H3. The van der Waals surface area contributed by atoms with Crippen LogP contribution in [0.4, 0.5) is 0 Å². The molecular weight excluding hydrogens is 169 g/mol. The van der Waals surface area contributed by atoms with Crippen LogP contribution in [-0.4, -0.2) is 26.6 Å². The number of rotatable bonds is 2. The molecule has 0 N–H and O–H groups in total. The molecule has 2 nitrogen and oxygen atoms in total. The predicted molar refractivity (Wildman–Crippen MR) is 31.9 cm³/mol. The van der Waals surface area contributed by atoms with E-state index in [1.807, 2.05) is 6.20 Å². The van der Waals surface area contributed by atoms with Crippen molar-refractivity contribution in [2.75, 3.05) is 7.11 Å². The molecule has 0 unspecified atom stereocenters. The minimum atomic E-state index is 0.482. The average molecular weight is 176 g/mol. The van der Waals surface area contributed by atoms with E-state index in [0.717, 1.165) is 0 Å². The molecule has 0 bridgehead atoms. The van der Waals surface area contributed by atoms with E-state index in [1.165, 1.54) is 4.57 Å². The van der Waals surface area contributed by atoms with Crippen molar-refractivity contribution in [1.82, 2.24) is 4.98 Å². The first-order valence-electron chi connectivity index (χ1n) is 2.31. The van der Waals surface area contributed by atoms with Crippen LogP contribution in [0.1, 0.15) is 4.57 Å². The van der Waals surface area contributed by atoms with Crippen molar-refractivity contribution in [3.8, 4) is 0 Å². The van der Waals surface area contributed by atoms with Crippen LogP contribution in [0, 0.1) is 0 Å². The molecule has 0 aliphatic rings. The molecule has 0 fully saturated rings. The third-order valence-corrected chi connectivity index (χ3v) is 2.33. The molecule has 0 radical (unpaired) electrons. The van der Waals surface area contributed by atoms with Gasteiger partial charge in [0.15, 0.2) is 0 Å². The molecule has 0 aliphatic heterocycles. The van der Waals surface area contributed by atoms with Crippen LogP contribution in [0.25, 0.3) is 0 Å². The zero-order valence-electron chi connectivity index (χ0n) is 4.63. The molecule has 1 heterocycles. The normalized spacial score (nSPS) is 9.62. The first kappa shape index (κ1) is 6.02. The number of ether oxygens (including phenoxy) is 1. The number of methoxy groups -OCH3 is 1. The molecule has 0 aromatic carbocycles. The molecule has 1 aromatic heterocycles. The van der Waals surface area contributed by atoms with E-state index in [2.05, 4.69) is 9.92 Å². The van der Waals surface area contributed by atoms with E-state index in [0.29, 0.717) is 21.1 Å². The fraction of sp³-hybridized carbons (Fsp3) is 0.400. The maximum absolute atomic E-state index is 4.87. The van der Waals surface area contributed by atoms with Gasteiger partial charge in [0.05, 0.1) is 0 Å². The quantitative estimate of drug-likeness (QED) is 0.604. The van der Waals surface area contributed by atoms with Crippen molar-refractivity contribution in [1.29, 1.82) is 0 Å². The fourth-order valence-electron chi connectivity index (χ4n) is 0.448. The first-order chi connectivity index (χ1) is 3.93. The van der Waals surface area contributed by atoms with Crippen molar-refractivity contribution in [3.05, 3.63) is 15.7 Å². The summed E-state index contributed by atoms with van der Waals surface area (Å²) in [7, 11) is 1.69. The average Bonchev–Trinajstić information content (AvgIpc) is 2.19. The summed E-state index contributed by atoms with van der Waals surface area (Å²) >= 11 is 0.482. The summed E-state index contributed by atoms with van der Waals surface area (Å²) in [6.45, 7) is 0.701. The Hall–Kier alpha value is -0.111. The van der Waals surface area contributed by atoms with Crippen LogP contribution < -0.4 is 0 Å². The Labute approximate surface area is 54.3 Å². The summed E-state index contributed by atoms with van der Waals surface area (Å²) in [4.78, 5) is 6.15. The van der Waals surface area contributed by atoms with Gasteiger partial charge in [0.2, 0.25) is 0 Å². The van der Waals surface area contributed by atoms with E-state index >= 15 is 0 Å². The monoisotopic (exact) mass is 177 g/mol. The van der Waals surface area contributed by atoms with Gasteiger partial charge in [-0.05, 0) is 0 Å². The predicted octanol–water partition coefficient (Wildman–Crippen LogP) is 0.285.